The lowest BCUT2D eigenvalue weighted by Gasteiger charge is -2.15. The minimum absolute atomic E-state index is 0.417. The molecule has 2 aromatic heterocycles. The van der Waals surface area contributed by atoms with Crippen molar-refractivity contribution < 1.29 is 0 Å². The molecule has 0 spiro atoms. The van der Waals surface area contributed by atoms with Crippen LogP contribution < -0.4 is 5.32 Å². The SMILES string of the molecule is CCCNC(c1cccs1)c1cc2c(s1)CCC2. The van der Waals surface area contributed by atoms with Crippen molar-refractivity contribution in [1.29, 1.82) is 0 Å². The average molecular weight is 277 g/mol. The van der Waals surface area contributed by atoms with Gasteiger partial charge in [-0.15, -0.1) is 22.7 Å². The first-order valence-electron chi connectivity index (χ1n) is 6.76. The number of thiophene rings is 2. The summed E-state index contributed by atoms with van der Waals surface area (Å²) < 4.78 is 0. The van der Waals surface area contributed by atoms with Gasteiger partial charge in [0, 0.05) is 14.6 Å². The second kappa shape index (κ2) is 5.55. The maximum atomic E-state index is 3.70. The summed E-state index contributed by atoms with van der Waals surface area (Å²) in [5.74, 6) is 0. The molecule has 0 amide bonds. The fourth-order valence-electron chi connectivity index (χ4n) is 2.58. The second-order valence-corrected chi connectivity index (χ2v) is 7.00. The minimum atomic E-state index is 0.417. The smallest absolute Gasteiger partial charge is 0.0765 e. The predicted molar refractivity (Wildman–Crippen MR) is 80.8 cm³/mol. The quantitative estimate of drug-likeness (QED) is 0.855. The minimum Gasteiger partial charge on any atom is -0.305 e. The van der Waals surface area contributed by atoms with Gasteiger partial charge in [0.15, 0.2) is 0 Å². The highest BCUT2D eigenvalue weighted by atomic mass is 32.1. The molecule has 1 N–H and O–H groups in total. The molecule has 0 saturated heterocycles. The van der Waals surface area contributed by atoms with Gasteiger partial charge in [-0.1, -0.05) is 13.0 Å². The van der Waals surface area contributed by atoms with Gasteiger partial charge in [0.1, 0.15) is 0 Å². The van der Waals surface area contributed by atoms with Crippen molar-refractivity contribution in [2.24, 2.45) is 0 Å². The molecule has 3 heteroatoms. The van der Waals surface area contributed by atoms with E-state index >= 15 is 0 Å². The highest BCUT2D eigenvalue weighted by Crippen LogP contribution is 2.37. The molecule has 18 heavy (non-hydrogen) atoms. The lowest BCUT2D eigenvalue weighted by molar-refractivity contribution is 0.613. The largest absolute Gasteiger partial charge is 0.305 e. The zero-order valence-corrected chi connectivity index (χ0v) is 12.4. The van der Waals surface area contributed by atoms with Gasteiger partial charge in [-0.25, -0.2) is 0 Å². The van der Waals surface area contributed by atoms with E-state index in [9.17, 15) is 0 Å². The Morgan fingerprint density at radius 3 is 3.00 bits per heavy atom. The van der Waals surface area contributed by atoms with Crippen molar-refractivity contribution >= 4 is 22.7 Å². The van der Waals surface area contributed by atoms with E-state index in [4.69, 9.17) is 0 Å². The van der Waals surface area contributed by atoms with Crippen molar-refractivity contribution in [3.63, 3.8) is 0 Å². The van der Waals surface area contributed by atoms with Crippen molar-refractivity contribution in [3.05, 3.63) is 43.8 Å². The lowest BCUT2D eigenvalue weighted by atomic mass is 10.1. The van der Waals surface area contributed by atoms with E-state index in [-0.39, 0.29) is 0 Å². The van der Waals surface area contributed by atoms with Gasteiger partial charge < -0.3 is 5.32 Å². The van der Waals surface area contributed by atoms with E-state index in [0.29, 0.717) is 6.04 Å². The average Bonchev–Trinajstić information content (AvgIpc) is 3.05. The van der Waals surface area contributed by atoms with E-state index in [1.165, 1.54) is 35.4 Å². The van der Waals surface area contributed by atoms with Crippen LogP contribution in [0, 0.1) is 0 Å². The van der Waals surface area contributed by atoms with Crippen LogP contribution in [0.4, 0.5) is 0 Å². The van der Waals surface area contributed by atoms with Gasteiger partial charge in [-0.2, -0.15) is 0 Å². The Hall–Kier alpha value is -0.640. The molecule has 0 saturated carbocycles. The maximum absolute atomic E-state index is 3.70. The van der Waals surface area contributed by atoms with E-state index in [2.05, 4.69) is 35.8 Å². The molecule has 1 nitrogen and oxygen atoms in total. The van der Waals surface area contributed by atoms with Gasteiger partial charge >= 0.3 is 0 Å². The molecule has 1 aliphatic rings. The molecule has 96 valence electrons. The predicted octanol–water partition coefficient (Wildman–Crippen LogP) is 4.39. The molecular formula is C15H19NS2. The standard InChI is InChI=1S/C15H19NS2/c1-2-8-16-15(13-7-4-9-17-13)14-10-11-5-3-6-12(11)18-14/h4,7,9-10,15-16H,2-3,5-6,8H2,1H3. The van der Waals surface area contributed by atoms with Crippen molar-refractivity contribution in [1.82, 2.24) is 5.32 Å². The number of rotatable bonds is 5. The van der Waals surface area contributed by atoms with Gasteiger partial charge in [0.25, 0.3) is 0 Å². The molecular weight excluding hydrogens is 258 g/mol. The highest BCUT2D eigenvalue weighted by Gasteiger charge is 2.21. The topological polar surface area (TPSA) is 12.0 Å². The van der Waals surface area contributed by atoms with E-state index in [1.54, 1.807) is 10.4 Å². The zero-order valence-electron chi connectivity index (χ0n) is 10.7. The molecule has 1 aliphatic carbocycles. The molecule has 0 aliphatic heterocycles. The number of aryl methyl sites for hydroxylation is 2. The fourth-order valence-corrected chi connectivity index (χ4v) is 4.82. The van der Waals surface area contributed by atoms with Crippen LogP contribution in [-0.2, 0) is 12.8 Å². The second-order valence-electron chi connectivity index (χ2n) is 4.85. The fraction of sp³-hybridized carbons (Fsp3) is 0.467. The van der Waals surface area contributed by atoms with Crippen LogP contribution in [0.25, 0.3) is 0 Å². The first-order chi connectivity index (χ1) is 8.88. The van der Waals surface area contributed by atoms with E-state index in [1.807, 2.05) is 22.7 Å². The third-order valence-corrected chi connectivity index (χ3v) is 5.72. The molecule has 2 aromatic rings. The molecule has 0 fully saturated rings. The summed E-state index contributed by atoms with van der Waals surface area (Å²) in [6.07, 6.45) is 5.13. The van der Waals surface area contributed by atoms with Crippen LogP contribution >= 0.6 is 22.7 Å². The summed E-state index contributed by atoms with van der Waals surface area (Å²) in [5, 5.41) is 5.88. The van der Waals surface area contributed by atoms with Crippen molar-refractivity contribution in [3.8, 4) is 0 Å². The molecule has 2 heterocycles. The van der Waals surface area contributed by atoms with Gasteiger partial charge in [-0.05, 0) is 55.3 Å². The molecule has 3 rings (SSSR count). The maximum Gasteiger partial charge on any atom is 0.0765 e. The van der Waals surface area contributed by atoms with Gasteiger partial charge in [0.2, 0.25) is 0 Å². The van der Waals surface area contributed by atoms with Crippen LogP contribution in [0.1, 0.15) is 46.0 Å². The molecule has 1 atom stereocenters. The normalized spacial score (nSPS) is 15.8. The lowest BCUT2D eigenvalue weighted by Crippen LogP contribution is -2.21. The van der Waals surface area contributed by atoms with Crippen LogP contribution in [0.2, 0.25) is 0 Å². The number of hydrogen-bond acceptors (Lipinski definition) is 3. The van der Waals surface area contributed by atoms with E-state index in [0.717, 1.165) is 6.54 Å². The summed E-state index contributed by atoms with van der Waals surface area (Å²) in [7, 11) is 0. The third-order valence-electron chi connectivity index (χ3n) is 3.48. The Morgan fingerprint density at radius 2 is 2.28 bits per heavy atom. The molecule has 0 aromatic carbocycles. The monoisotopic (exact) mass is 277 g/mol. The molecule has 0 radical (unpaired) electrons. The number of hydrogen-bond donors (Lipinski definition) is 1. The Morgan fingerprint density at radius 1 is 1.33 bits per heavy atom. The summed E-state index contributed by atoms with van der Waals surface area (Å²) in [6.45, 7) is 3.32. The summed E-state index contributed by atoms with van der Waals surface area (Å²) in [6, 6.07) is 7.27. The first-order valence-corrected chi connectivity index (χ1v) is 8.46. The van der Waals surface area contributed by atoms with Crippen LogP contribution in [0.5, 0.6) is 0 Å². The summed E-state index contributed by atoms with van der Waals surface area (Å²) in [4.78, 5) is 4.59. The van der Waals surface area contributed by atoms with E-state index < -0.39 is 0 Å². The zero-order chi connectivity index (χ0) is 12.4. The number of fused-ring (bicyclic) bond motifs is 1. The summed E-state index contributed by atoms with van der Waals surface area (Å²) >= 11 is 3.88. The van der Waals surface area contributed by atoms with Crippen LogP contribution in [-0.4, -0.2) is 6.54 Å². The molecule has 1 unspecified atom stereocenters. The van der Waals surface area contributed by atoms with Crippen molar-refractivity contribution in [2.45, 2.75) is 38.6 Å². The Bertz CT molecular complexity index is 477. The van der Waals surface area contributed by atoms with Gasteiger partial charge in [-0.3, -0.25) is 0 Å². The summed E-state index contributed by atoms with van der Waals surface area (Å²) in [5.41, 5.74) is 1.61. The Balaban J connectivity index is 1.87. The molecule has 0 bridgehead atoms. The Labute approximate surface area is 117 Å². The Kier molecular flexibility index (Phi) is 3.83. The number of nitrogens with one attached hydrogen (secondary N) is 1. The van der Waals surface area contributed by atoms with Crippen LogP contribution in [0.15, 0.2) is 23.6 Å². The third kappa shape index (κ3) is 2.40. The van der Waals surface area contributed by atoms with Crippen molar-refractivity contribution in [2.75, 3.05) is 6.54 Å². The van der Waals surface area contributed by atoms with Crippen LogP contribution in [0.3, 0.4) is 0 Å². The first kappa shape index (κ1) is 12.4. The van der Waals surface area contributed by atoms with Gasteiger partial charge in [0.05, 0.1) is 6.04 Å². The highest BCUT2D eigenvalue weighted by molar-refractivity contribution is 7.13.